The number of aliphatic hydroxyl groups excluding tert-OH is 1. The van der Waals surface area contributed by atoms with E-state index in [1.165, 1.54) is 0 Å². The molecule has 0 bridgehead atoms. The van der Waals surface area contributed by atoms with Crippen LogP contribution in [0.3, 0.4) is 0 Å². The topological polar surface area (TPSA) is 47.9 Å². The molecule has 21 heavy (non-hydrogen) atoms. The quantitative estimate of drug-likeness (QED) is 0.866. The van der Waals surface area contributed by atoms with Gasteiger partial charge in [-0.2, -0.15) is 0 Å². The van der Waals surface area contributed by atoms with Crippen molar-refractivity contribution in [2.75, 3.05) is 7.11 Å². The Balaban J connectivity index is 2.11. The molecule has 1 saturated heterocycles. The first-order valence-corrected chi connectivity index (χ1v) is 7.35. The largest absolute Gasteiger partial charge is 0.497 e. The van der Waals surface area contributed by atoms with Crippen LogP contribution < -0.4 is 4.74 Å². The molecule has 5 heteroatoms. The van der Waals surface area contributed by atoms with Gasteiger partial charge in [-0.1, -0.05) is 19.1 Å². The van der Waals surface area contributed by atoms with E-state index in [2.05, 4.69) is 0 Å². The molecule has 0 aromatic heterocycles. The lowest BCUT2D eigenvalue weighted by Gasteiger charge is -2.32. The highest BCUT2D eigenvalue weighted by Crippen LogP contribution is 2.43. The van der Waals surface area contributed by atoms with Gasteiger partial charge in [0.2, 0.25) is 0 Å². The Morgan fingerprint density at radius 2 is 1.52 bits per heavy atom. The zero-order chi connectivity index (χ0) is 15.8. The molecule has 2 rings (SSSR count). The van der Waals surface area contributed by atoms with Crippen LogP contribution in [0.2, 0.25) is 5.82 Å². The number of hydrogen-bond acceptors (Lipinski definition) is 4. The first-order valence-electron chi connectivity index (χ1n) is 7.35. The minimum absolute atomic E-state index is 0.167. The maximum absolute atomic E-state index is 10.6. The molecule has 1 aromatic carbocycles. The molecule has 1 aromatic rings. The van der Waals surface area contributed by atoms with Crippen molar-refractivity contribution in [2.45, 2.75) is 57.7 Å². The van der Waals surface area contributed by atoms with Crippen LogP contribution in [-0.2, 0) is 9.31 Å². The van der Waals surface area contributed by atoms with Gasteiger partial charge < -0.3 is 19.2 Å². The molecule has 1 N–H and O–H groups in total. The summed E-state index contributed by atoms with van der Waals surface area (Å²) in [5.74, 6) is 0.605. The highest BCUT2D eigenvalue weighted by Gasteiger charge is 2.53. The third kappa shape index (κ3) is 3.10. The van der Waals surface area contributed by atoms with Crippen LogP contribution in [0.1, 0.15) is 46.3 Å². The number of methoxy groups -OCH3 is 1. The van der Waals surface area contributed by atoms with E-state index in [1.807, 2.05) is 58.9 Å². The summed E-state index contributed by atoms with van der Waals surface area (Å²) in [6.45, 7) is 10.00. The SMILES string of the molecule is COc1ccc(C(O)C(C)B2OC(C)(C)C(C)(C)O2)cc1. The lowest BCUT2D eigenvalue weighted by atomic mass is 9.68. The molecule has 116 valence electrons. The molecular weight excluding hydrogens is 267 g/mol. The van der Waals surface area contributed by atoms with Crippen molar-refractivity contribution in [3.63, 3.8) is 0 Å². The first kappa shape index (κ1) is 16.3. The van der Waals surface area contributed by atoms with E-state index < -0.39 is 13.2 Å². The number of aliphatic hydroxyl groups is 1. The van der Waals surface area contributed by atoms with Crippen LogP contribution in [0.25, 0.3) is 0 Å². The Morgan fingerprint density at radius 1 is 1.05 bits per heavy atom. The van der Waals surface area contributed by atoms with E-state index in [1.54, 1.807) is 7.11 Å². The van der Waals surface area contributed by atoms with Gasteiger partial charge in [-0.3, -0.25) is 0 Å². The predicted molar refractivity (Wildman–Crippen MR) is 83.5 cm³/mol. The van der Waals surface area contributed by atoms with E-state index in [4.69, 9.17) is 14.0 Å². The molecule has 1 aliphatic rings. The smallest absolute Gasteiger partial charge is 0.463 e. The minimum atomic E-state index is -0.648. The fourth-order valence-corrected chi connectivity index (χ4v) is 2.36. The maximum atomic E-state index is 10.6. The second-order valence-electron chi connectivity index (χ2n) is 6.70. The molecule has 1 fully saturated rings. The summed E-state index contributed by atoms with van der Waals surface area (Å²) in [5, 5.41) is 10.6. The van der Waals surface area contributed by atoms with Crippen LogP contribution in [-0.4, -0.2) is 30.5 Å². The van der Waals surface area contributed by atoms with Gasteiger partial charge in [-0.15, -0.1) is 0 Å². The summed E-state index contributed by atoms with van der Waals surface area (Å²) >= 11 is 0. The summed E-state index contributed by atoms with van der Waals surface area (Å²) in [4.78, 5) is 0. The Labute approximate surface area is 127 Å². The number of rotatable bonds is 4. The first-order chi connectivity index (χ1) is 9.68. The van der Waals surface area contributed by atoms with Crippen molar-refractivity contribution in [1.82, 2.24) is 0 Å². The zero-order valence-electron chi connectivity index (χ0n) is 13.7. The van der Waals surface area contributed by atoms with Crippen molar-refractivity contribution in [3.8, 4) is 5.75 Å². The molecule has 0 saturated carbocycles. The van der Waals surface area contributed by atoms with Gasteiger partial charge >= 0.3 is 7.12 Å². The van der Waals surface area contributed by atoms with Gasteiger partial charge in [0.15, 0.2) is 0 Å². The third-order valence-electron chi connectivity index (χ3n) is 4.66. The summed E-state index contributed by atoms with van der Waals surface area (Å²) in [6, 6.07) is 7.42. The molecule has 0 spiro atoms. The van der Waals surface area contributed by atoms with E-state index in [-0.39, 0.29) is 17.0 Å². The van der Waals surface area contributed by atoms with Crippen molar-refractivity contribution in [1.29, 1.82) is 0 Å². The molecule has 4 nitrogen and oxygen atoms in total. The van der Waals surface area contributed by atoms with E-state index >= 15 is 0 Å². The third-order valence-corrected chi connectivity index (χ3v) is 4.66. The van der Waals surface area contributed by atoms with Crippen LogP contribution in [0.5, 0.6) is 5.75 Å². The fraction of sp³-hybridized carbons (Fsp3) is 0.625. The zero-order valence-corrected chi connectivity index (χ0v) is 13.7. The normalized spacial score (nSPS) is 22.9. The molecule has 2 unspecified atom stereocenters. The Bertz CT molecular complexity index is 468. The number of ether oxygens (including phenoxy) is 1. The minimum Gasteiger partial charge on any atom is -0.497 e. The van der Waals surface area contributed by atoms with Gasteiger partial charge in [0, 0.05) is 5.82 Å². The Kier molecular flexibility index (Phi) is 4.38. The van der Waals surface area contributed by atoms with Gasteiger partial charge in [-0.05, 0) is 45.4 Å². The van der Waals surface area contributed by atoms with Crippen LogP contribution >= 0.6 is 0 Å². The number of benzene rings is 1. The van der Waals surface area contributed by atoms with E-state index in [0.717, 1.165) is 11.3 Å². The average molecular weight is 292 g/mol. The maximum Gasteiger partial charge on any atom is 0.463 e. The molecular formula is C16H25BO4. The molecule has 0 radical (unpaired) electrons. The van der Waals surface area contributed by atoms with E-state index in [9.17, 15) is 5.11 Å². The van der Waals surface area contributed by atoms with E-state index in [0.29, 0.717) is 0 Å². The molecule has 1 aliphatic heterocycles. The predicted octanol–water partition coefficient (Wildman–Crippen LogP) is 3.21. The summed E-state index contributed by atoms with van der Waals surface area (Å²) in [5.41, 5.74) is 0.0647. The van der Waals surface area contributed by atoms with Gasteiger partial charge in [-0.25, -0.2) is 0 Å². The summed E-state index contributed by atoms with van der Waals surface area (Å²) < 4.78 is 17.1. The Morgan fingerprint density at radius 3 is 1.95 bits per heavy atom. The monoisotopic (exact) mass is 292 g/mol. The fourth-order valence-electron chi connectivity index (χ4n) is 2.36. The van der Waals surface area contributed by atoms with Gasteiger partial charge in [0.25, 0.3) is 0 Å². The lowest BCUT2D eigenvalue weighted by Crippen LogP contribution is -2.41. The van der Waals surface area contributed by atoms with Crippen LogP contribution in [0.15, 0.2) is 24.3 Å². The average Bonchev–Trinajstić information content (AvgIpc) is 2.66. The second-order valence-corrected chi connectivity index (χ2v) is 6.70. The van der Waals surface area contributed by atoms with Crippen LogP contribution in [0.4, 0.5) is 0 Å². The molecule has 0 aliphatic carbocycles. The molecule has 0 amide bonds. The highest BCUT2D eigenvalue weighted by atomic mass is 16.7. The van der Waals surface area contributed by atoms with Gasteiger partial charge in [0.1, 0.15) is 5.75 Å². The summed E-state index contributed by atoms with van der Waals surface area (Å²) in [6.07, 6.45) is -0.648. The van der Waals surface area contributed by atoms with Crippen molar-refractivity contribution in [2.24, 2.45) is 0 Å². The lowest BCUT2D eigenvalue weighted by molar-refractivity contribution is 0.00578. The standard InChI is InChI=1S/C16H25BO4/c1-11(17-20-15(2,3)16(4,5)21-17)14(18)12-7-9-13(19-6)10-8-12/h7-11,14,18H,1-6H3. The van der Waals surface area contributed by atoms with Crippen LogP contribution in [0, 0.1) is 0 Å². The van der Waals surface area contributed by atoms with Crippen molar-refractivity contribution >= 4 is 7.12 Å². The highest BCUT2D eigenvalue weighted by molar-refractivity contribution is 6.47. The van der Waals surface area contributed by atoms with Crippen molar-refractivity contribution < 1.29 is 19.2 Å². The Hall–Kier alpha value is -1.04. The van der Waals surface area contributed by atoms with Gasteiger partial charge in [0.05, 0.1) is 24.4 Å². The molecule has 1 heterocycles. The second kappa shape index (κ2) is 5.63. The van der Waals surface area contributed by atoms with Crippen molar-refractivity contribution in [3.05, 3.63) is 29.8 Å². The number of hydrogen-bond donors (Lipinski definition) is 1. The molecule has 2 atom stereocenters. The summed E-state index contributed by atoms with van der Waals surface area (Å²) in [7, 11) is 1.20.